The molecule has 2 heterocycles. The first-order valence-corrected chi connectivity index (χ1v) is 9.35. The molecule has 1 saturated heterocycles. The van der Waals surface area contributed by atoms with Crippen molar-refractivity contribution in [1.29, 1.82) is 0 Å². The number of hydrogen-bond donors (Lipinski definition) is 2. The van der Waals surface area contributed by atoms with Gasteiger partial charge in [-0.15, -0.1) is 0 Å². The van der Waals surface area contributed by atoms with Crippen LogP contribution in [0.1, 0.15) is 38.7 Å². The minimum atomic E-state index is 0.135. The van der Waals surface area contributed by atoms with E-state index in [-0.39, 0.29) is 18.8 Å². The van der Waals surface area contributed by atoms with E-state index < -0.39 is 0 Å². The number of anilines is 2. The fourth-order valence-corrected chi connectivity index (χ4v) is 3.30. The van der Waals surface area contributed by atoms with Gasteiger partial charge in [0.1, 0.15) is 23.7 Å². The van der Waals surface area contributed by atoms with Crippen LogP contribution in [0.3, 0.4) is 0 Å². The summed E-state index contributed by atoms with van der Waals surface area (Å²) in [5.41, 5.74) is 1.09. The highest BCUT2D eigenvalue weighted by atomic mass is 16.5. The molecule has 0 spiro atoms. The molecule has 2 aromatic rings. The second kappa shape index (κ2) is 8.85. The molecule has 0 radical (unpaired) electrons. The summed E-state index contributed by atoms with van der Waals surface area (Å²) >= 11 is 0. The Morgan fingerprint density at radius 1 is 1.27 bits per heavy atom. The average Bonchev–Trinajstić information content (AvgIpc) is 2.67. The predicted molar refractivity (Wildman–Crippen MR) is 104 cm³/mol. The van der Waals surface area contributed by atoms with E-state index in [1.165, 1.54) is 0 Å². The first kappa shape index (κ1) is 18.5. The van der Waals surface area contributed by atoms with Crippen LogP contribution in [0.5, 0.6) is 5.75 Å². The van der Waals surface area contributed by atoms with E-state index in [0.717, 1.165) is 48.8 Å². The zero-order valence-corrected chi connectivity index (χ0v) is 15.6. The Morgan fingerprint density at radius 3 is 2.92 bits per heavy atom. The number of nitrogens with zero attached hydrogens (tertiary/aromatic N) is 3. The Labute approximate surface area is 155 Å². The van der Waals surface area contributed by atoms with E-state index in [0.29, 0.717) is 6.54 Å². The van der Waals surface area contributed by atoms with Gasteiger partial charge in [0.2, 0.25) is 0 Å². The molecule has 3 rings (SSSR count). The summed E-state index contributed by atoms with van der Waals surface area (Å²) in [4.78, 5) is 10.9. The molecule has 0 bridgehead atoms. The van der Waals surface area contributed by atoms with E-state index >= 15 is 0 Å². The molecule has 6 nitrogen and oxygen atoms in total. The molecule has 0 saturated carbocycles. The van der Waals surface area contributed by atoms with Crippen LogP contribution in [-0.4, -0.2) is 40.4 Å². The quantitative estimate of drug-likeness (QED) is 0.794. The minimum absolute atomic E-state index is 0.135. The molecule has 0 amide bonds. The summed E-state index contributed by atoms with van der Waals surface area (Å²) in [7, 11) is 0. The zero-order chi connectivity index (χ0) is 18.4. The topological polar surface area (TPSA) is 70.5 Å². The summed E-state index contributed by atoms with van der Waals surface area (Å²) in [6.45, 7) is 5.76. The maximum atomic E-state index is 9.63. The van der Waals surface area contributed by atoms with Crippen molar-refractivity contribution >= 4 is 11.6 Å². The normalized spacial score (nSPS) is 17.4. The maximum Gasteiger partial charge on any atom is 0.134 e. The molecule has 6 heteroatoms. The van der Waals surface area contributed by atoms with Gasteiger partial charge < -0.3 is 20.1 Å². The van der Waals surface area contributed by atoms with Crippen LogP contribution >= 0.6 is 0 Å². The van der Waals surface area contributed by atoms with E-state index in [4.69, 9.17) is 4.74 Å². The smallest absolute Gasteiger partial charge is 0.134 e. The average molecular weight is 356 g/mol. The fraction of sp³-hybridized carbons (Fsp3) is 0.500. The van der Waals surface area contributed by atoms with Gasteiger partial charge in [0, 0.05) is 24.7 Å². The second-order valence-electron chi connectivity index (χ2n) is 6.91. The van der Waals surface area contributed by atoms with Crippen LogP contribution in [-0.2, 0) is 6.54 Å². The SMILES string of the molecule is CC(C)Oc1ccccc1CNc1cc(N2CCCCC2CO)ncn1. The van der Waals surface area contributed by atoms with Crippen molar-refractivity contribution in [3.8, 4) is 5.75 Å². The highest BCUT2D eigenvalue weighted by molar-refractivity contribution is 5.50. The Morgan fingerprint density at radius 2 is 2.12 bits per heavy atom. The highest BCUT2D eigenvalue weighted by Crippen LogP contribution is 2.25. The number of aromatic nitrogens is 2. The molecule has 1 aromatic heterocycles. The summed E-state index contributed by atoms with van der Waals surface area (Å²) in [5, 5.41) is 13.0. The molecule has 1 aromatic carbocycles. The second-order valence-corrected chi connectivity index (χ2v) is 6.91. The molecular formula is C20H28N4O2. The molecule has 1 aliphatic rings. The fourth-order valence-electron chi connectivity index (χ4n) is 3.30. The number of ether oxygens (including phenoxy) is 1. The number of rotatable bonds is 7. The summed E-state index contributed by atoms with van der Waals surface area (Å²) in [5.74, 6) is 2.53. The van der Waals surface area contributed by atoms with Crippen molar-refractivity contribution in [3.63, 3.8) is 0 Å². The third-order valence-electron chi connectivity index (χ3n) is 4.58. The van der Waals surface area contributed by atoms with Crippen molar-refractivity contribution < 1.29 is 9.84 Å². The van der Waals surface area contributed by atoms with Crippen LogP contribution in [0.25, 0.3) is 0 Å². The number of aliphatic hydroxyl groups is 1. The summed E-state index contributed by atoms with van der Waals surface area (Å²) < 4.78 is 5.87. The van der Waals surface area contributed by atoms with Crippen LogP contribution in [0.15, 0.2) is 36.7 Å². The Kier molecular flexibility index (Phi) is 6.28. The maximum absolute atomic E-state index is 9.63. The lowest BCUT2D eigenvalue weighted by Gasteiger charge is -2.35. The predicted octanol–water partition coefficient (Wildman–Crippen LogP) is 3.23. The molecule has 1 aliphatic heterocycles. The summed E-state index contributed by atoms with van der Waals surface area (Å²) in [6, 6.07) is 10.1. The lowest BCUT2D eigenvalue weighted by Crippen LogP contribution is -2.42. The van der Waals surface area contributed by atoms with E-state index in [1.807, 2.05) is 38.1 Å². The van der Waals surface area contributed by atoms with E-state index in [2.05, 4.69) is 26.3 Å². The molecule has 1 unspecified atom stereocenters. The van der Waals surface area contributed by atoms with Gasteiger partial charge in [-0.1, -0.05) is 18.2 Å². The number of piperidine rings is 1. The van der Waals surface area contributed by atoms with Crippen LogP contribution in [0, 0.1) is 0 Å². The monoisotopic (exact) mass is 356 g/mol. The molecule has 26 heavy (non-hydrogen) atoms. The molecule has 140 valence electrons. The Balaban J connectivity index is 1.70. The van der Waals surface area contributed by atoms with E-state index in [1.54, 1.807) is 6.33 Å². The van der Waals surface area contributed by atoms with Gasteiger partial charge in [-0.05, 0) is 39.2 Å². The lowest BCUT2D eigenvalue weighted by molar-refractivity contribution is 0.239. The highest BCUT2D eigenvalue weighted by Gasteiger charge is 2.23. The van der Waals surface area contributed by atoms with Gasteiger partial charge in [0.05, 0.1) is 18.8 Å². The molecule has 1 atom stereocenters. The Bertz CT molecular complexity index is 708. The van der Waals surface area contributed by atoms with E-state index in [9.17, 15) is 5.11 Å². The zero-order valence-electron chi connectivity index (χ0n) is 15.6. The minimum Gasteiger partial charge on any atom is -0.491 e. The third-order valence-corrected chi connectivity index (χ3v) is 4.58. The third kappa shape index (κ3) is 4.64. The van der Waals surface area contributed by atoms with Crippen LogP contribution in [0.4, 0.5) is 11.6 Å². The van der Waals surface area contributed by atoms with Gasteiger partial charge in [0.25, 0.3) is 0 Å². The van der Waals surface area contributed by atoms with Gasteiger partial charge in [-0.3, -0.25) is 0 Å². The van der Waals surface area contributed by atoms with Gasteiger partial charge in [-0.2, -0.15) is 0 Å². The van der Waals surface area contributed by atoms with Crippen molar-refractivity contribution in [2.75, 3.05) is 23.4 Å². The van der Waals surface area contributed by atoms with Gasteiger partial charge in [-0.25, -0.2) is 9.97 Å². The number of aliphatic hydroxyl groups excluding tert-OH is 1. The lowest BCUT2D eigenvalue weighted by atomic mass is 10.0. The number of hydrogen-bond acceptors (Lipinski definition) is 6. The standard InChI is InChI=1S/C20H28N4O2/c1-15(2)26-18-9-4-3-7-16(18)12-21-19-11-20(23-14-22-19)24-10-6-5-8-17(24)13-25/h3-4,7,9,11,14-15,17,25H,5-6,8,10,12-13H2,1-2H3,(H,21,22,23). The summed E-state index contributed by atoms with van der Waals surface area (Å²) in [6.07, 6.45) is 5.00. The van der Waals surface area contributed by atoms with Crippen LogP contribution in [0.2, 0.25) is 0 Å². The van der Waals surface area contributed by atoms with Crippen LogP contribution < -0.4 is 15.0 Å². The number of benzene rings is 1. The number of para-hydroxylation sites is 1. The molecule has 2 N–H and O–H groups in total. The first-order valence-electron chi connectivity index (χ1n) is 9.35. The van der Waals surface area contributed by atoms with Gasteiger partial charge >= 0.3 is 0 Å². The van der Waals surface area contributed by atoms with Gasteiger partial charge in [0.15, 0.2) is 0 Å². The van der Waals surface area contributed by atoms with Crippen molar-refractivity contribution in [2.45, 2.75) is 51.8 Å². The molecule has 0 aliphatic carbocycles. The van der Waals surface area contributed by atoms with Crippen molar-refractivity contribution in [1.82, 2.24) is 9.97 Å². The van der Waals surface area contributed by atoms with Crippen molar-refractivity contribution in [2.24, 2.45) is 0 Å². The number of nitrogens with one attached hydrogen (secondary N) is 1. The molecular weight excluding hydrogens is 328 g/mol. The first-order chi connectivity index (χ1) is 12.7. The largest absolute Gasteiger partial charge is 0.491 e. The Hall–Kier alpha value is -2.34. The van der Waals surface area contributed by atoms with Crippen molar-refractivity contribution in [3.05, 3.63) is 42.2 Å². The molecule has 1 fully saturated rings.